The zero-order valence-electron chi connectivity index (χ0n) is 14.4. The minimum Gasteiger partial charge on any atom is -0.375 e. The van der Waals surface area contributed by atoms with Gasteiger partial charge >= 0.3 is 0 Å². The quantitative estimate of drug-likeness (QED) is 0.774. The predicted octanol–water partition coefficient (Wildman–Crippen LogP) is 2.24. The lowest BCUT2D eigenvalue weighted by atomic mass is 10.2. The standard InChI is InChI=1S/C19H23N5O/c1-15-14-23(8-9-25-15)19-10-16(5-6-21-19)11-20-12-17-13-22-24-7-3-2-4-18(17)24/h2-7,10,13,15,20H,8-9,11-12,14H2,1H3/t15-/m0/s1. The number of fused-ring (bicyclic) bond motifs is 1. The summed E-state index contributed by atoms with van der Waals surface area (Å²) in [6, 6.07) is 10.4. The molecule has 3 aromatic rings. The van der Waals surface area contributed by atoms with E-state index in [9.17, 15) is 0 Å². The van der Waals surface area contributed by atoms with Gasteiger partial charge in [-0.25, -0.2) is 9.50 Å². The van der Waals surface area contributed by atoms with Crippen molar-refractivity contribution in [2.24, 2.45) is 0 Å². The first-order valence-electron chi connectivity index (χ1n) is 8.73. The smallest absolute Gasteiger partial charge is 0.128 e. The zero-order chi connectivity index (χ0) is 17.1. The lowest BCUT2D eigenvalue weighted by Crippen LogP contribution is -2.41. The molecular formula is C19H23N5O. The third kappa shape index (κ3) is 3.65. The Labute approximate surface area is 147 Å². The number of pyridine rings is 2. The van der Waals surface area contributed by atoms with Crippen LogP contribution in [0.4, 0.5) is 5.82 Å². The zero-order valence-corrected chi connectivity index (χ0v) is 14.4. The van der Waals surface area contributed by atoms with Crippen LogP contribution in [0.25, 0.3) is 5.52 Å². The number of nitrogens with zero attached hydrogens (tertiary/aromatic N) is 4. The van der Waals surface area contributed by atoms with E-state index < -0.39 is 0 Å². The Morgan fingerprint density at radius 3 is 3.16 bits per heavy atom. The van der Waals surface area contributed by atoms with E-state index in [1.165, 1.54) is 11.1 Å². The van der Waals surface area contributed by atoms with E-state index in [1.807, 2.05) is 35.2 Å². The molecule has 0 bridgehead atoms. The van der Waals surface area contributed by atoms with Crippen molar-refractivity contribution in [1.29, 1.82) is 0 Å². The van der Waals surface area contributed by atoms with Gasteiger partial charge in [-0.3, -0.25) is 0 Å². The fourth-order valence-electron chi connectivity index (χ4n) is 3.24. The predicted molar refractivity (Wildman–Crippen MR) is 97.6 cm³/mol. The van der Waals surface area contributed by atoms with E-state index >= 15 is 0 Å². The highest BCUT2D eigenvalue weighted by Gasteiger charge is 2.17. The molecule has 4 rings (SSSR count). The topological polar surface area (TPSA) is 54.7 Å². The van der Waals surface area contributed by atoms with Crippen molar-refractivity contribution in [3.8, 4) is 0 Å². The average Bonchev–Trinajstić information content (AvgIpc) is 3.05. The normalized spacial score (nSPS) is 18.0. The molecule has 0 radical (unpaired) electrons. The molecule has 1 N–H and O–H groups in total. The number of rotatable bonds is 5. The second kappa shape index (κ2) is 7.21. The maximum Gasteiger partial charge on any atom is 0.128 e. The van der Waals surface area contributed by atoms with Crippen molar-refractivity contribution >= 4 is 11.3 Å². The summed E-state index contributed by atoms with van der Waals surface area (Å²) in [7, 11) is 0. The molecule has 4 heterocycles. The lowest BCUT2D eigenvalue weighted by Gasteiger charge is -2.32. The van der Waals surface area contributed by atoms with E-state index in [-0.39, 0.29) is 6.10 Å². The van der Waals surface area contributed by atoms with Crippen molar-refractivity contribution in [1.82, 2.24) is 19.9 Å². The van der Waals surface area contributed by atoms with Crippen molar-refractivity contribution in [2.75, 3.05) is 24.6 Å². The van der Waals surface area contributed by atoms with Gasteiger partial charge < -0.3 is 15.0 Å². The van der Waals surface area contributed by atoms with Crippen LogP contribution in [0.5, 0.6) is 0 Å². The van der Waals surface area contributed by atoms with Crippen LogP contribution in [0.2, 0.25) is 0 Å². The Morgan fingerprint density at radius 2 is 2.24 bits per heavy atom. The Kier molecular flexibility index (Phi) is 4.63. The molecular weight excluding hydrogens is 314 g/mol. The van der Waals surface area contributed by atoms with Crippen molar-refractivity contribution < 1.29 is 4.74 Å². The Morgan fingerprint density at radius 1 is 1.28 bits per heavy atom. The summed E-state index contributed by atoms with van der Waals surface area (Å²) < 4.78 is 7.52. The van der Waals surface area contributed by atoms with Crippen molar-refractivity contribution in [3.05, 3.63) is 60.0 Å². The minimum absolute atomic E-state index is 0.257. The highest BCUT2D eigenvalue weighted by molar-refractivity contribution is 5.53. The van der Waals surface area contributed by atoms with E-state index in [0.29, 0.717) is 0 Å². The lowest BCUT2D eigenvalue weighted by molar-refractivity contribution is 0.0529. The number of anilines is 1. The van der Waals surface area contributed by atoms with E-state index in [1.54, 1.807) is 0 Å². The van der Waals surface area contributed by atoms with Crippen LogP contribution in [0.15, 0.2) is 48.9 Å². The molecule has 3 aromatic heterocycles. The molecule has 1 aliphatic rings. The SMILES string of the molecule is C[C@H]1CN(c2cc(CNCc3cnn4ccccc34)ccn2)CCO1. The Bertz CT molecular complexity index is 846. The van der Waals surface area contributed by atoms with Crippen LogP contribution in [-0.4, -0.2) is 40.4 Å². The van der Waals surface area contributed by atoms with Gasteiger partial charge in [-0.1, -0.05) is 6.07 Å². The van der Waals surface area contributed by atoms with Crippen LogP contribution >= 0.6 is 0 Å². The van der Waals surface area contributed by atoms with Gasteiger partial charge in [0.15, 0.2) is 0 Å². The molecule has 1 aliphatic heterocycles. The molecule has 0 saturated carbocycles. The van der Waals surface area contributed by atoms with Gasteiger partial charge in [-0.2, -0.15) is 5.10 Å². The second-order valence-corrected chi connectivity index (χ2v) is 6.45. The summed E-state index contributed by atoms with van der Waals surface area (Å²) >= 11 is 0. The summed E-state index contributed by atoms with van der Waals surface area (Å²) in [5.41, 5.74) is 3.59. The van der Waals surface area contributed by atoms with Crippen molar-refractivity contribution in [2.45, 2.75) is 26.1 Å². The number of morpholine rings is 1. The highest BCUT2D eigenvalue weighted by Crippen LogP contribution is 2.17. The fraction of sp³-hybridized carbons (Fsp3) is 0.368. The number of hydrogen-bond acceptors (Lipinski definition) is 5. The Hall–Kier alpha value is -2.44. The van der Waals surface area contributed by atoms with Crippen LogP contribution in [-0.2, 0) is 17.8 Å². The van der Waals surface area contributed by atoms with Crippen molar-refractivity contribution in [3.63, 3.8) is 0 Å². The first kappa shape index (κ1) is 16.1. The largest absolute Gasteiger partial charge is 0.375 e. The molecule has 0 unspecified atom stereocenters. The molecule has 6 nitrogen and oxygen atoms in total. The molecule has 1 atom stereocenters. The molecule has 0 amide bonds. The summed E-state index contributed by atoms with van der Waals surface area (Å²) in [6.07, 6.45) is 6.04. The van der Waals surface area contributed by atoms with Gasteiger partial charge in [0, 0.05) is 44.1 Å². The van der Waals surface area contributed by atoms with Crippen LogP contribution < -0.4 is 10.2 Å². The first-order valence-corrected chi connectivity index (χ1v) is 8.73. The highest BCUT2D eigenvalue weighted by atomic mass is 16.5. The van der Waals surface area contributed by atoms with Crippen LogP contribution in [0, 0.1) is 0 Å². The molecule has 0 spiro atoms. The van der Waals surface area contributed by atoms with E-state index in [4.69, 9.17) is 4.74 Å². The van der Waals surface area contributed by atoms with Gasteiger partial charge in [-0.05, 0) is 36.8 Å². The summed E-state index contributed by atoms with van der Waals surface area (Å²) in [4.78, 5) is 6.82. The molecule has 0 aromatic carbocycles. The van der Waals surface area contributed by atoms with Gasteiger partial charge in [0.1, 0.15) is 5.82 Å². The number of nitrogens with one attached hydrogen (secondary N) is 1. The second-order valence-electron chi connectivity index (χ2n) is 6.45. The number of hydrogen-bond donors (Lipinski definition) is 1. The number of aromatic nitrogens is 3. The molecule has 6 heteroatoms. The molecule has 1 fully saturated rings. The summed E-state index contributed by atoms with van der Waals surface area (Å²) in [6.45, 7) is 6.26. The molecule has 130 valence electrons. The van der Waals surface area contributed by atoms with Gasteiger partial charge in [0.25, 0.3) is 0 Å². The molecule has 25 heavy (non-hydrogen) atoms. The Balaban J connectivity index is 1.39. The van der Waals surface area contributed by atoms with Gasteiger partial charge in [0.05, 0.1) is 24.4 Å². The number of ether oxygens (including phenoxy) is 1. The van der Waals surface area contributed by atoms with E-state index in [0.717, 1.165) is 44.1 Å². The third-order valence-corrected chi connectivity index (χ3v) is 4.53. The first-order chi connectivity index (χ1) is 12.3. The monoisotopic (exact) mass is 337 g/mol. The summed E-state index contributed by atoms with van der Waals surface area (Å²) in [5.74, 6) is 1.03. The van der Waals surface area contributed by atoms with Crippen LogP contribution in [0.1, 0.15) is 18.1 Å². The summed E-state index contributed by atoms with van der Waals surface area (Å²) in [5, 5.41) is 7.89. The maximum atomic E-state index is 5.61. The third-order valence-electron chi connectivity index (χ3n) is 4.53. The maximum absolute atomic E-state index is 5.61. The average molecular weight is 337 g/mol. The van der Waals surface area contributed by atoms with Crippen LogP contribution in [0.3, 0.4) is 0 Å². The fourth-order valence-corrected chi connectivity index (χ4v) is 3.24. The van der Waals surface area contributed by atoms with Gasteiger partial charge in [-0.15, -0.1) is 0 Å². The molecule has 1 saturated heterocycles. The van der Waals surface area contributed by atoms with E-state index in [2.05, 4.69) is 45.4 Å². The van der Waals surface area contributed by atoms with Gasteiger partial charge in [0.2, 0.25) is 0 Å². The molecule has 0 aliphatic carbocycles. The minimum atomic E-state index is 0.257.